The Labute approximate surface area is 66.7 Å². The Hall–Kier alpha value is -1.09. The molecule has 0 fully saturated rings. The second-order valence-electron chi connectivity index (χ2n) is 2.41. The van der Waals surface area contributed by atoms with Crippen LogP contribution in [0.4, 0.5) is 0 Å². The van der Waals surface area contributed by atoms with E-state index in [1.54, 1.807) is 4.68 Å². The first-order valence-electron chi connectivity index (χ1n) is 3.62. The number of hydrogen-bond donors (Lipinski definition) is 1. The van der Waals surface area contributed by atoms with Gasteiger partial charge in [-0.05, 0) is 7.05 Å². The fourth-order valence-electron chi connectivity index (χ4n) is 0.839. The predicted molar refractivity (Wildman–Crippen MR) is 46.2 cm³/mol. The Morgan fingerprint density at radius 3 is 3.09 bits per heavy atom. The highest BCUT2D eigenvalue weighted by Gasteiger charge is 1.87. The predicted octanol–water partition coefficient (Wildman–Crippen LogP) is 0.653. The molecule has 1 aromatic heterocycles. The molecule has 0 saturated carbocycles. The molecule has 0 radical (unpaired) electrons. The van der Waals surface area contributed by atoms with Crippen molar-refractivity contribution in [1.82, 2.24) is 15.1 Å². The summed E-state index contributed by atoms with van der Waals surface area (Å²) in [6.45, 7) is 0.898. The number of likely N-dealkylation sites (N-methyl/N-ethyl adjacent to an activating group) is 1. The van der Waals surface area contributed by atoms with Crippen molar-refractivity contribution in [3.8, 4) is 0 Å². The second kappa shape index (κ2) is 3.93. The molecule has 0 atom stereocenters. The van der Waals surface area contributed by atoms with Gasteiger partial charge in [-0.25, -0.2) is 0 Å². The monoisotopic (exact) mass is 151 g/mol. The lowest BCUT2D eigenvalue weighted by Gasteiger charge is -1.86. The Morgan fingerprint density at radius 1 is 1.73 bits per heavy atom. The molecule has 0 amide bonds. The Kier molecular flexibility index (Phi) is 2.86. The van der Waals surface area contributed by atoms with Gasteiger partial charge in [-0.1, -0.05) is 12.2 Å². The molecule has 3 nitrogen and oxygen atoms in total. The van der Waals surface area contributed by atoms with Gasteiger partial charge in [0.05, 0.1) is 6.20 Å². The van der Waals surface area contributed by atoms with Gasteiger partial charge in [-0.3, -0.25) is 4.68 Å². The quantitative estimate of drug-likeness (QED) is 0.687. The molecule has 1 N–H and O–H groups in total. The van der Waals surface area contributed by atoms with Crippen LogP contribution >= 0.6 is 0 Å². The summed E-state index contributed by atoms with van der Waals surface area (Å²) in [5.74, 6) is 0. The van der Waals surface area contributed by atoms with Crippen molar-refractivity contribution >= 4 is 6.08 Å². The molecule has 0 spiro atoms. The van der Waals surface area contributed by atoms with E-state index in [4.69, 9.17) is 0 Å². The van der Waals surface area contributed by atoms with Gasteiger partial charge >= 0.3 is 0 Å². The topological polar surface area (TPSA) is 29.9 Å². The van der Waals surface area contributed by atoms with Gasteiger partial charge in [0.25, 0.3) is 0 Å². The standard InChI is InChI=1S/C8H13N3/c1-9-5-3-4-8-6-10-11(2)7-8/h3-4,6-7,9H,5H2,1-2H3. The number of hydrogen-bond acceptors (Lipinski definition) is 2. The molecule has 1 rings (SSSR count). The highest BCUT2D eigenvalue weighted by Crippen LogP contribution is 1.97. The molecule has 0 aliphatic heterocycles. The van der Waals surface area contributed by atoms with Crippen LogP contribution in [0.15, 0.2) is 18.5 Å². The maximum atomic E-state index is 4.04. The van der Waals surface area contributed by atoms with Crippen LogP contribution in [0.3, 0.4) is 0 Å². The number of aromatic nitrogens is 2. The summed E-state index contributed by atoms with van der Waals surface area (Å²) >= 11 is 0. The third kappa shape index (κ3) is 2.55. The third-order valence-corrected chi connectivity index (χ3v) is 1.36. The van der Waals surface area contributed by atoms with Gasteiger partial charge < -0.3 is 5.32 Å². The minimum atomic E-state index is 0.898. The van der Waals surface area contributed by atoms with Crippen LogP contribution in [-0.2, 0) is 7.05 Å². The van der Waals surface area contributed by atoms with E-state index in [1.165, 1.54) is 0 Å². The molecule has 0 saturated heterocycles. The minimum Gasteiger partial charge on any atom is -0.316 e. The van der Waals surface area contributed by atoms with Crippen LogP contribution in [0, 0.1) is 0 Å². The van der Waals surface area contributed by atoms with Crippen molar-refractivity contribution in [2.75, 3.05) is 13.6 Å². The summed E-state index contributed by atoms with van der Waals surface area (Å²) < 4.78 is 1.79. The molecule has 60 valence electrons. The first-order chi connectivity index (χ1) is 5.33. The Balaban J connectivity index is 2.50. The molecule has 0 aliphatic carbocycles. The molecule has 0 bridgehead atoms. The van der Waals surface area contributed by atoms with Crippen LogP contribution in [0.2, 0.25) is 0 Å². The summed E-state index contributed by atoms with van der Waals surface area (Å²) in [6, 6.07) is 0. The molecule has 3 heteroatoms. The fraction of sp³-hybridized carbons (Fsp3) is 0.375. The summed E-state index contributed by atoms with van der Waals surface area (Å²) in [7, 11) is 3.84. The van der Waals surface area contributed by atoms with Gasteiger partial charge in [0, 0.05) is 25.4 Å². The van der Waals surface area contributed by atoms with Crippen LogP contribution in [-0.4, -0.2) is 23.4 Å². The average Bonchev–Trinajstić information content (AvgIpc) is 2.37. The zero-order chi connectivity index (χ0) is 8.10. The lowest BCUT2D eigenvalue weighted by Crippen LogP contribution is -2.03. The van der Waals surface area contributed by atoms with Crippen molar-refractivity contribution in [3.05, 3.63) is 24.0 Å². The molecule has 0 aliphatic rings. The fourth-order valence-corrected chi connectivity index (χ4v) is 0.839. The van der Waals surface area contributed by atoms with Gasteiger partial charge in [-0.15, -0.1) is 0 Å². The lowest BCUT2D eigenvalue weighted by molar-refractivity contribution is 0.767. The van der Waals surface area contributed by atoms with Crippen LogP contribution < -0.4 is 5.32 Å². The molecule has 0 unspecified atom stereocenters. The third-order valence-electron chi connectivity index (χ3n) is 1.36. The van der Waals surface area contributed by atoms with E-state index >= 15 is 0 Å². The minimum absolute atomic E-state index is 0.898. The molecule has 0 aromatic carbocycles. The first kappa shape index (κ1) is 8.01. The van der Waals surface area contributed by atoms with E-state index in [9.17, 15) is 0 Å². The number of rotatable bonds is 3. The summed E-state index contributed by atoms with van der Waals surface area (Å²) in [6.07, 6.45) is 7.93. The largest absolute Gasteiger partial charge is 0.316 e. The van der Waals surface area contributed by atoms with E-state index in [0.29, 0.717) is 0 Å². The lowest BCUT2D eigenvalue weighted by atomic mass is 10.3. The maximum Gasteiger partial charge on any atom is 0.0562 e. The summed E-state index contributed by atoms with van der Waals surface area (Å²) in [5, 5.41) is 7.07. The molecule has 1 heterocycles. The molecule has 11 heavy (non-hydrogen) atoms. The van der Waals surface area contributed by atoms with Gasteiger partial charge in [-0.2, -0.15) is 5.10 Å². The van der Waals surface area contributed by atoms with Crippen LogP contribution in [0.1, 0.15) is 5.56 Å². The highest BCUT2D eigenvalue weighted by atomic mass is 15.2. The van der Waals surface area contributed by atoms with E-state index < -0.39 is 0 Å². The maximum absolute atomic E-state index is 4.04. The summed E-state index contributed by atoms with van der Waals surface area (Å²) in [5.41, 5.74) is 1.14. The van der Waals surface area contributed by atoms with Gasteiger partial charge in [0.15, 0.2) is 0 Å². The van der Waals surface area contributed by atoms with E-state index in [1.807, 2.05) is 32.6 Å². The molecular weight excluding hydrogens is 138 g/mol. The summed E-state index contributed by atoms with van der Waals surface area (Å²) in [4.78, 5) is 0. The van der Waals surface area contributed by atoms with E-state index in [2.05, 4.69) is 16.5 Å². The van der Waals surface area contributed by atoms with Crippen molar-refractivity contribution in [1.29, 1.82) is 0 Å². The van der Waals surface area contributed by atoms with E-state index in [0.717, 1.165) is 12.1 Å². The first-order valence-corrected chi connectivity index (χ1v) is 3.62. The zero-order valence-electron chi connectivity index (χ0n) is 6.91. The normalized spacial score (nSPS) is 11.1. The Bertz CT molecular complexity index is 237. The number of nitrogens with one attached hydrogen (secondary N) is 1. The average molecular weight is 151 g/mol. The number of nitrogens with zero attached hydrogens (tertiary/aromatic N) is 2. The second-order valence-corrected chi connectivity index (χ2v) is 2.41. The van der Waals surface area contributed by atoms with Crippen molar-refractivity contribution in [2.24, 2.45) is 7.05 Å². The zero-order valence-corrected chi connectivity index (χ0v) is 6.91. The molecular formula is C8H13N3. The van der Waals surface area contributed by atoms with Crippen molar-refractivity contribution in [2.45, 2.75) is 0 Å². The number of aryl methyl sites for hydroxylation is 1. The SMILES string of the molecule is CNCC=Cc1cnn(C)c1. The van der Waals surface area contributed by atoms with Crippen molar-refractivity contribution in [3.63, 3.8) is 0 Å². The van der Waals surface area contributed by atoms with Crippen LogP contribution in [0.25, 0.3) is 6.08 Å². The van der Waals surface area contributed by atoms with Gasteiger partial charge in [0.2, 0.25) is 0 Å². The van der Waals surface area contributed by atoms with Gasteiger partial charge in [0.1, 0.15) is 0 Å². The van der Waals surface area contributed by atoms with Crippen molar-refractivity contribution < 1.29 is 0 Å². The smallest absolute Gasteiger partial charge is 0.0562 e. The van der Waals surface area contributed by atoms with Crippen LogP contribution in [0.5, 0.6) is 0 Å². The molecule has 1 aromatic rings. The Morgan fingerprint density at radius 2 is 2.55 bits per heavy atom. The van der Waals surface area contributed by atoms with E-state index in [-0.39, 0.29) is 0 Å². The highest BCUT2D eigenvalue weighted by molar-refractivity contribution is 5.46.